The molecule has 1 heterocycles. The third kappa shape index (κ3) is 3.60. The summed E-state index contributed by atoms with van der Waals surface area (Å²) in [6.45, 7) is 0. The standard InChI is InChI=1S/C8H8ClN3.ClH/c9-8-2-1-6(5-12-8)7(11)3-4-10;/h1-2,5,7H,3,11H2;1H/t7-;/m0./s1. The minimum absolute atomic E-state index is 0. The third-order valence-corrected chi connectivity index (χ3v) is 1.71. The van der Waals surface area contributed by atoms with Crippen molar-refractivity contribution in [3.63, 3.8) is 0 Å². The highest BCUT2D eigenvalue weighted by atomic mass is 35.5. The van der Waals surface area contributed by atoms with Crippen LogP contribution in [0.25, 0.3) is 0 Å². The average Bonchev–Trinajstić information content (AvgIpc) is 2.06. The van der Waals surface area contributed by atoms with Gasteiger partial charge in [0.25, 0.3) is 0 Å². The van der Waals surface area contributed by atoms with Gasteiger partial charge in [0.15, 0.2) is 0 Å². The van der Waals surface area contributed by atoms with Crippen LogP contribution >= 0.6 is 24.0 Å². The van der Waals surface area contributed by atoms with E-state index in [-0.39, 0.29) is 18.4 Å². The van der Waals surface area contributed by atoms with E-state index in [1.165, 1.54) is 0 Å². The zero-order valence-electron chi connectivity index (χ0n) is 6.77. The van der Waals surface area contributed by atoms with Crippen molar-refractivity contribution in [2.24, 2.45) is 5.73 Å². The minimum atomic E-state index is -0.264. The highest BCUT2D eigenvalue weighted by Gasteiger charge is 2.04. The van der Waals surface area contributed by atoms with E-state index in [1.807, 2.05) is 6.07 Å². The largest absolute Gasteiger partial charge is 0.323 e. The summed E-state index contributed by atoms with van der Waals surface area (Å²) in [5, 5.41) is 8.81. The topological polar surface area (TPSA) is 62.7 Å². The molecular formula is C8H9Cl2N3. The van der Waals surface area contributed by atoms with Gasteiger partial charge in [-0.1, -0.05) is 17.7 Å². The molecular weight excluding hydrogens is 209 g/mol. The van der Waals surface area contributed by atoms with E-state index in [9.17, 15) is 0 Å². The van der Waals surface area contributed by atoms with E-state index in [1.54, 1.807) is 18.3 Å². The van der Waals surface area contributed by atoms with Crippen molar-refractivity contribution < 1.29 is 0 Å². The molecule has 0 aliphatic heterocycles. The maximum Gasteiger partial charge on any atom is 0.129 e. The highest BCUT2D eigenvalue weighted by Crippen LogP contribution is 2.13. The third-order valence-electron chi connectivity index (χ3n) is 1.49. The zero-order valence-corrected chi connectivity index (χ0v) is 8.35. The lowest BCUT2D eigenvalue weighted by molar-refractivity contribution is 0.744. The van der Waals surface area contributed by atoms with Crippen LogP contribution in [0.5, 0.6) is 0 Å². The smallest absolute Gasteiger partial charge is 0.129 e. The van der Waals surface area contributed by atoms with Gasteiger partial charge in [0.1, 0.15) is 5.15 Å². The lowest BCUT2D eigenvalue weighted by Gasteiger charge is -2.05. The Morgan fingerprint density at radius 3 is 2.77 bits per heavy atom. The SMILES string of the molecule is Cl.N#CC[C@H](N)c1ccc(Cl)nc1. The van der Waals surface area contributed by atoms with Crippen LogP contribution in [-0.2, 0) is 0 Å². The number of nitriles is 1. The van der Waals surface area contributed by atoms with Crippen molar-refractivity contribution in [2.75, 3.05) is 0 Å². The van der Waals surface area contributed by atoms with Crippen LogP contribution in [0.4, 0.5) is 0 Å². The van der Waals surface area contributed by atoms with Gasteiger partial charge in [-0.15, -0.1) is 12.4 Å². The van der Waals surface area contributed by atoms with E-state index in [0.29, 0.717) is 11.6 Å². The molecule has 0 bridgehead atoms. The fourth-order valence-corrected chi connectivity index (χ4v) is 0.935. The van der Waals surface area contributed by atoms with E-state index < -0.39 is 0 Å². The van der Waals surface area contributed by atoms with Crippen molar-refractivity contribution in [2.45, 2.75) is 12.5 Å². The number of aromatic nitrogens is 1. The molecule has 3 nitrogen and oxygen atoms in total. The fourth-order valence-electron chi connectivity index (χ4n) is 0.823. The zero-order chi connectivity index (χ0) is 8.97. The van der Waals surface area contributed by atoms with Crippen molar-refractivity contribution in [1.29, 1.82) is 5.26 Å². The van der Waals surface area contributed by atoms with Gasteiger partial charge in [0, 0.05) is 12.2 Å². The Balaban J connectivity index is 0.00000144. The Morgan fingerprint density at radius 2 is 2.31 bits per heavy atom. The van der Waals surface area contributed by atoms with Crippen LogP contribution in [0, 0.1) is 11.3 Å². The van der Waals surface area contributed by atoms with Crippen molar-refractivity contribution in [3.05, 3.63) is 29.0 Å². The summed E-state index contributed by atoms with van der Waals surface area (Å²) in [5.41, 5.74) is 6.48. The van der Waals surface area contributed by atoms with Gasteiger partial charge in [-0.05, 0) is 11.6 Å². The quantitative estimate of drug-likeness (QED) is 0.772. The second-order valence-electron chi connectivity index (χ2n) is 2.38. The summed E-state index contributed by atoms with van der Waals surface area (Å²) in [4.78, 5) is 3.86. The molecule has 0 saturated heterocycles. The van der Waals surface area contributed by atoms with Crippen LogP contribution in [0.1, 0.15) is 18.0 Å². The monoisotopic (exact) mass is 217 g/mol. The summed E-state index contributed by atoms with van der Waals surface area (Å²) in [7, 11) is 0. The normalized spacial score (nSPS) is 11.2. The predicted molar refractivity (Wildman–Crippen MR) is 53.7 cm³/mol. The molecule has 0 spiro atoms. The van der Waals surface area contributed by atoms with Crippen LogP contribution in [0.3, 0.4) is 0 Å². The highest BCUT2D eigenvalue weighted by molar-refractivity contribution is 6.29. The molecule has 0 aliphatic rings. The molecule has 1 atom stereocenters. The van der Waals surface area contributed by atoms with Gasteiger partial charge >= 0.3 is 0 Å². The maximum atomic E-state index is 8.38. The van der Waals surface area contributed by atoms with E-state index >= 15 is 0 Å². The number of pyridine rings is 1. The lowest BCUT2D eigenvalue weighted by Crippen LogP contribution is -2.09. The number of hydrogen-bond donors (Lipinski definition) is 1. The molecule has 5 heteroatoms. The average molecular weight is 218 g/mol. The summed E-state index contributed by atoms with van der Waals surface area (Å²) >= 11 is 5.58. The summed E-state index contributed by atoms with van der Waals surface area (Å²) in [6, 6.07) is 5.17. The van der Waals surface area contributed by atoms with E-state index in [4.69, 9.17) is 22.6 Å². The van der Waals surface area contributed by atoms with E-state index in [0.717, 1.165) is 5.56 Å². The molecule has 2 N–H and O–H groups in total. The molecule has 70 valence electrons. The molecule has 0 saturated carbocycles. The van der Waals surface area contributed by atoms with Gasteiger partial charge < -0.3 is 5.73 Å². The van der Waals surface area contributed by atoms with Crippen molar-refractivity contribution in [3.8, 4) is 6.07 Å². The molecule has 0 aromatic carbocycles. The summed E-state index contributed by atoms with van der Waals surface area (Å²) < 4.78 is 0. The summed E-state index contributed by atoms with van der Waals surface area (Å²) in [5.74, 6) is 0. The fraction of sp³-hybridized carbons (Fsp3) is 0.250. The molecule has 1 rings (SSSR count). The molecule has 0 amide bonds. The number of halogens is 2. The first kappa shape index (κ1) is 12.2. The van der Waals surface area contributed by atoms with Gasteiger partial charge in [0.05, 0.1) is 12.5 Å². The maximum absolute atomic E-state index is 8.38. The molecule has 0 aliphatic carbocycles. The number of rotatable bonds is 2. The van der Waals surface area contributed by atoms with Crippen LogP contribution in [0.2, 0.25) is 5.15 Å². The van der Waals surface area contributed by atoms with Gasteiger partial charge in [0.2, 0.25) is 0 Å². The van der Waals surface area contributed by atoms with Crippen LogP contribution < -0.4 is 5.73 Å². The number of hydrogen-bond acceptors (Lipinski definition) is 3. The second kappa shape index (κ2) is 5.76. The Bertz CT molecular complexity index is 291. The van der Waals surface area contributed by atoms with E-state index in [2.05, 4.69) is 4.98 Å². The molecule has 13 heavy (non-hydrogen) atoms. The molecule has 1 aromatic heterocycles. The predicted octanol–water partition coefficient (Wildman–Crippen LogP) is 2.07. The van der Waals surface area contributed by atoms with Crippen LogP contribution in [0.15, 0.2) is 18.3 Å². The molecule has 0 unspecified atom stereocenters. The van der Waals surface area contributed by atoms with Gasteiger partial charge in [-0.25, -0.2) is 4.98 Å². The lowest BCUT2D eigenvalue weighted by atomic mass is 10.1. The first-order valence-electron chi connectivity index (χ1n) is 3.48. The van der Waals surface area contributed by atoms with Crippen LogP contribution in [-0.4, -0.2) is 4.98 Å². The number of nitrogens with two attached hydrogens (primary N) is 1. The minimum Gasteiger partial charge on any atom is -0.323 e. The Hall–Kier alpha value is -0.820. The van der Waals surface area contributed by atoms with Gasteiger partial charge in [-0.2, -0.15) is 5.26 Å². The molecule has 0 fully saturated rings. The van der Waals surface area contributed by atoms with Crippen molar-refractivity contribution >= 4 is 24.0 Å². The Labute approximate surface area is 87.9 Å². The first-order valence-corrected chi connectivity index (χ1v) is 3.86. The molecule has 1 aromatic rings. The first-order chi connectivity index (χ1) is 5.74. The van der Waals surface area contributed by atoms with Crippen molar-refractivity contribution in [1.82, 2.24) is 4.98 Å². The second-order valence-corrected chi connectivity index (χ2v) is 2.77. The molecule has 0 radical (unpaired) electrons. The number of nitrogens with zero attached hydrogens (tertiary/aromatic N) is 2. The summed E-state index contributed by atoms with van der Waals surface area (Å²) in [6.07, 6.45) is 1.88. The Kier molecular flexibility index (Phi) is 5.40. The van der Waals surface area contributed by atoms with Gasteiger partial charge in [-0.3, -0.25) is 0 Å². The Morgan fingerprint density at radius 1 is 1.62 bits per heavy atom.